The first-order chi connectivity index (χ1) is 7.31. The molecule has 0 radical (unpaired) electrons. The lowest BCUT2D eigenvalue weighted by molar-refractivity contribution is 0.862. The molecule has 2 aromatic rings. The first kappa shape index (κ1) is 9.39. The number of hydrogen-bond acceptors (Lipinski definition) is 4. The van der Waals surface area contributed by atoms with Gasteiger partial charge in [-0.3, -0.25) is 4.57 Å². The first-order valence-corrected chi connectivity index (χ1v) is 4.50. The van der Waals surface area contributed by atoms with E-state index in [0.29, 0.717) is 5.95 Å². The molecule has 15 heavy (non-hydrogen) atoms. The monoisotopic (exact) mass is 202 g/mol. The standard InChI is InChI=1S/C10H10N4O/c1-11-9-12-7-14(10(15)13-9)8-5-3-2-4-6-8/h2-7H,1H3,(H,11,13,15). The summed E-state index contributed by atoms with van der Waals surface area (Å²) in [4.78, 5) is 19.3. The van der Waals surface area contributed by atoms with Crippen molar-refractivity contribution in [2.45, 2.75) is 0 Å². The van der Waals surface area contributed by atoms with Crippen molar-refractivity contribution in [1.82, 2.24) is 14.5 Å². The largest absolute Gasteiger partial charge is 0.357 e. The smallest absolute Gasteiger partial charge is 0.356 e. The second kappa shape index (κ2) is 3.91. The van der Waals surface area contributed by atoms with E-state index >= 15 is 0 Å². The minimum absolute atomic E-state index is 0.326. The van der Waals surface area contributed by atoms with Crippen LogP contribution in [0.25, 0.3) is 5.69 Å². The lowest BCUT2D eigenvalue weighted by Gasteiger charge is -2.04. The molecular weight excluding hydrogens is 192 g/mol. The fraction of sp³-hybridized carbons (Fsp3) is 0.100. The average Bonchev–Trinajstić information content (AvgIpc) is 2.30. The van der Waals surface area contributed by atoms with Crippen molar-refractivity contribution in [3.05, 3.63) is 47.1 Å². The van der Waals surface area contributed by atoms with E-state index in [9.17, 15) is 4.79 Å². The molecule has 0 aliphatic rings. The Morgan fingerprint density at radius 3 is 2.60 bits per heavy atom. The maximum Gasteiger partial charge on any atom is 0.356 e. The number of para-hydroxylation sites is 1. The van der Waals surface area contributed by atoms with E-state index in [1.54, 1.807) is 7.05 Å². The van der Waals surface area contributed by atoms with Gasteiger partial charge in [-0.05, 0) is 12.1 Å². The highest BCUT2D eigenvalue weighted by Crippen LogP contribution is 2.02. The summed E-state index contributed by atoms with van der Waals surface area (Å²) < 4.78 is 1.39. The number of anilines is 1. The second-order valence-corrected chi connectivity index (χ2v) is 2.92. The van der Waals surface area contributed by atoms with Crippen molar-refractivity contribution >= 4 is 5.95 Å². The van der Waals surface area contributed by atoms with Gasteiger partial charge in [-0.1, -0.05) is 18.2 Å². The van der Waals surface area contributed by atoms with Gasteiger partial charge in [-0.15, -0.1) is 0 Å². The quantitative estimate of drug-likeness (QED) is 0.777. The van der Waals surface area contributed by atoms with Crippen LogP contribution in [0, 0.1) is 0 Å². The maximum absolute atomic E-state index is 11.6. The maximum atomic E-state index is 11.6. The number of rotatable bonds is 2. The third-order valence-electron chi connectivity index (χ3n) is 1.96. The Bertz CT molecular complexity index is 506. The van der Waals surface area contributed by atoms with Gasteiger partial charge in [0.05, 0.1) is 5.69 Å². The zero-order valence-electron chi connectivity index (χ0n) is 8.21. The molecule has 1 aromatic carbocycles. The van der Waals surface area contributed by atoms with E-state index in [0.717, 1.165) is 5.69 Å². The van der Waals surface area contributed by atoms with Crippen LogP contribution >= 0.6 is 0 Å². The molecule has 0 fully saturated rings. The van der Waals surface area contributed by atoms with Gasteiger partial charge >= 0.3 is 5.69 Å². The molecule has 5 heteroatoms. The van der Waals surface area contributed by atoms with Crippen molar-refractivity contribution in [3.8, 4) is 5.69 Å². The van der Waals surface area contributed by atoms with E-state index in [2.05, 4.69) is 15.3 Å². The second-order valence-electron chi connectivity index (χ2n) is 2.92. The molecule has 0 amide bonds. The van der Waals surface area contributed by atoms with Crippen molar-refractivity contribution in [2.24, 2.45) is 0 Å². The van der Waals surface area contributed by atoms with Crippen molar-refractivity contribution in [3.63, 3.8) is 0 Å². The van der Waals surface area contributed by atoms with Crippen LogP contribution in [0.15, 0.2) is 41.5 Å². The Kier molecular flexibility index (Phi) is 2.45. The SMILES string of the molecule is CNc1ncn(-c2ccccc2)c(=O)n1. The topological polar surface area (TPSA) is 59.8 Å². The Morgan fingerprint density at radius 2 is 2.00 bits per heavy atom. The predicted molar refractivity (Wildman–Crippen MR) is 57.2 cm³/mol. The molecule has 0 saturated carbocycles. The summed E-state index contributed by atoms with van der Waals surface area (Å²) in [6.45, 7) is 0. The number of benzene rings is 1. The fourth-order valence-electron chi connectivity index (χ4n) is 1.22. The Labute approximate surface area is 86.4 Å². The lowest BCUT2D eigenvalue weighted by atomic mass is 10.3. The number of aromatic nitrogens is 3. The van der Waals surface area contributed by atoms with Gasteiger partial charge in [0, 0.05) is 7.05 Å². The molecule has 0 atom stereocenters. The van der Waals surface area contributed by atoms with E-state index in [-0.39, 0.29) is 5.69 Å². The molecule has 2 rings (SSSR count). The summed E-state index contributed by atoms with van der Waals surface area (Å²) in [7, 11) is 1.67. The Morgan fingerprint density at radius 1 is 1.27 bits per heavy atom. The lowest BCUT2D eigenvalue weighted by Crippen LogP contribution is -2.22. The van der Waals surface area contributed by atoms with Gasteiger partial charge in [-0.25, -0.2) is 9.78 Å². The molecule has 0 aliphatic carbocycles. The third-order valence-corrected chi connectivity index (χ3v) is 1.96. The highest BCUT2D eigenvalue weighted by atomic mass is 16.1. The molecule has 0 aliphatic heterocycles. The van der Waals surface area contributed by atoms with Gasteiger partial charge in [0.1, 0.15) is 6.33 Å². The average molecular weight is 202 g/mol. The van der Waals surface area contributed by atoms with E-state index in [1.165, 1.54) is 10.9 Å². The van der Waals surface area contributed by atoms with Crippen molar-refractivity contribution in [2.75, 3.05) is 12.4 Å². The van der Waals surface area contributed by atoms with Crippen LogP contribution in [-0.4, -0.2) is 21.6 Å². The third kappa shape index (κ3) is 1.85. The molecule has 76 valence electrons. The van der Waals surface area contributed by atoms with Crippen LogP contribution in [0.1, 0.15) is 0 Å². The van der Waals surface area contributed by atoms with Gasteiger partial charge < -0.3 is 5.32 Å². The van der Waals surface area contributed by atoms with Gasteiger partial charge in [-0.2, -0.15) is 4.98 Å². The molecule has 5 nitrogen and oxygen atoms in total. The molecule has 0 spiro atoms. The Balaban J connectivity index is 2.51. The van der Waals surface area contributed by atoms with Crippen LogP contribution < -0.4 is 11.0 Å². The fourth-order valence-corrected chi connectivity index (χ4v) is 1.22. The number of nitrogens with one attached hydrogen (secondary N) is 1. The molecule has 0 bridgehead atoms. The van der Waals surface area contributed by atoms with Crippen LogP contribution in [0.4, 0.5) is 5.95 Å². The molecule has 1 heterocycles. The zero-order valence-corrected chi connectivity index (χ0v) is 8.21. The molecule has 1 aromatic heterocycles. The molecular formula is C10H10N4O. The first-order valence-electron chi connectivity index (χ1n) is 4.50. The van der Waals surface area contributed by atoms with E-state index in [1.807, 2.05) is 30.3 Å². The minimum Gasteiger partial charge on any atom is -0.357 e. The molecule has 0 unspecified atom stereocenters. The Hall–Kier alpha value is -2.17. The van der Waals surface area contributed by atoms with Crippen LogP contribution in [0.3, 0.4) is 0 Å². The van der Waals surface area contributed by atoms with Gasteiger partial charge in [0.15, 0.2) is 0 Å². The highest BCUT2D eigenvalue weighted by molar-refractivity contribution is 5.31. The van der Waals surface area contributed by atoms with Crippen molar-refractivity contribution < 1.29 is 0 Å². The minimum atomic E-state index is -0.347. The highest BCUT2D eigenvalue weighted by Gasteiger charge is 2.01. The molecule has 1 N–H and O–H groups in total. The zero-order chi connectivity index (χ0) is 10.7. The van der Waals surface area contributed by atoms with Crippen LogP contribution in [0.5, 0.6) is 0 Å². The predicted octanol–water partition coefficient (Wildman–Crippen LogP) is 0.669. The van der Waals surface area contributed by atoms with Gasteiger partial charge in [0.2, 0.25) is 5.95 Å². The number of nitrogens with zero attached hydrogens (tertiary/aromatic N) is 3. The summed E-state index contributed by atoms with van der Waals surface area (Å²) in [5, 5.41) is 2.71. The van der Waals surface area contributed by atoms with E-state index < -0.39 is 0 Å². The summed E-state index contributed by atoms with van der Waals surface area (Å²) in [5.41, 5.74) is 0.408. The summed E-state index contributed by atoms with van der Waals surface area (Å²) >= 11 is 0. The summed E-state index contributed by atoms with van der Waals surface area (Å²) in [6.07, 6.45) is 1.45. The number of hydrogen-bond donors (Lipinski definition) is 1. The van der Waals surface area contributed by atoms with Crippen LogP contribution in [0.2, 0.25) is 0 Å². The summed E-state index contributed by atoms with van der Waals surface area (Å²) in [6, 6.07) is 9.24. The van der Waals surface area contributed by atoms with Crippen molar-refractivity contribution in [1.29, 1.82) is 0 Å². The normalized spacial score (nSPS) is 9.93. The van der Waals surface area contributed by atoms with Crippen LogP contribution in [-0.2, 0) is 0 Å². The van der Waals surface area contributed by atoms with Gasteiger partial charge in [0.25, 0.3) is 0 Å². The van der Waals surface area contributed by atoms with E-state index in [4.69, 9.17) is 0 Å². The molecule has 0 saturated heterocycles. The summed E-state index contributed by atoms with van der Waals surface area (Å²) in [5.74, 6) is 0.326.